The van der Waals surface area contributed by atoms with Gasteiger partial charge in [-0.05, 0) is 18.3 Å². The van der Waals surface area contributed by atoms with Crippen LogP contribution in [0.3, 0.4) is 0 Å². The smallest absolute Gasteiger partial charge is 0.344 e. The quantitative estimate of drug-likeness (QED) is 0.540. The lowest BCUT2D eigenvalue weighted by atomic mass is 9.89. The predicted molar refractivity (Wildman–Crippen MR) is 67.9 cm³/mol. The van der Waals surface area contributed by atoms with Crippen molar-refractivity contribution in [2.75, 3.05) is 13.2 Å². The molecule has 0 saturated heterocycles. The van der Waals surface area contributed by atoms with Crippen molar-refractivity contribution in [1.29, 1.82) is 0 Å². The first-order valence-corrected chi connectivity index (χ1v) is 6.42. The fraction of sp³-hybridized carbons (Fsp3) is 0.714. The van der Waals surface area contributed by atoms with Crippen LogP contribution in [0.25, 0.3) is 0 Å². The summed E-state index contributed by atoms with van der Waals surface area (Å²) < 4.78 is 9.69. The van der Waals surface area contributed by atoms with E-state index in [2.05, 4.69) is 24.7 Å². The van der Waals surface area contributed by atoms with E-state index in [1.807, 2.05) is 0 Å². The van der Waals surface area contributed by atoms with Gasteiger partial charge in [0.05, 0.1) is 6.61 Å². The maximum absolute atomic E-state index is 11.2. The molecule has 4 heteroatoms. The van der Waals surface area contributed by atoms with Crippen molar-refractivity contribution in [3.05, 3.63) is 11.6 Å². The molecular formula is C14H22O4. The van der Waals surface area contributed by atoms with Crippen molar-refractivity contribution in [3.63, 3.8) is 0 Å². The second-order valence-electron chi connectivity index (χ2n) is 5.39. The van der Waals surface area contributed by atoms with Crippen LogP contribution >= 0.6 is 0 Å². The summed E-state index contributed by atoms with van der Waals surface area (Å²) in [6.45, 7) is 6.23. The van der Waals surface area contributed by atoms with Crippen molar-refractivity contribution in [2.45, 2.75) is 46.5 Å². The van der Waals surface area contributed by atoms with Crippen LogP contribution in [0.5, 0.6) is 0 Å². The number of carbonyl (C=O) groups excluding carboxylic acids is 2. The van der Waals surface area contributed by atoms with Gasteiger partial charge in [0.25, 0.3) is 0 Å². The lowest BCUT2D eigenvalue weighted by Crippen LogP contribution is -2.16. The molecule has 0 aromatic carbocycles. The minimum Gasteiger partial charge on any atom is -0.463 e. The van der Waals surface area contributed by atoms with Gasteiger partial charge in [0.1, 0.15) is 0 Å². The van der Waals surface area contributed by atoms with E-state index in [1.54, 1.807) is 6.92 Å². The second kappa shape index (κ2) is 6.57. The van der Waals surface area contributed by atoms with Gasteiger partial charge in [-0.2, -0.15) is 0 Å². The van der Waals surface area contributed by atoms with E-state index >= 15 is 0 Å². The zero-order chi connectivity index (χ0) is 13.6. The molecule has 0 amide bonds. The molecule has 0 aliphatic heterocycles. The predicted octanol–water partition coefficient (Wildman–Crippen LogP) is 2.62. The van der Waals surface area contributed by atoms with Gasteiger partial charge < -0.3 is 9.47 Å². The third-order valence-electron chi connectivity index (χ3n) is 2.97. The first-order valence-electron chi connectivity index (χ1n) is 6.42. The van der Waals surface area contributed by atoms with Gasteiger partial charge in [-0.1, -0.05) is 32.4 Å². The summed E-state index contributed by atoms with van der Waals surface area (Å²) in [5.74, 6) is -0.859. The van der Waals surface area contributed by atoms with Gasteiger partial charge in [-0.25, -0.2) is 4.79 Å². The molecule has 1 rings (SSSR count). The van der Waals surface area contributed by atoms with E-state index in [9.17, 15) is 9.59 Å². The summed E-state index contributed by atoms with van der Waals surface area (Å²) in [6, 6.07) is 0. The van der Waals surface area contributed by atoms with E-state index < -0.39 is 5.97 Å². The molecule has 1 aliphatic rings. The molecule has 0 aromatic heterocycles. The highest BCUT2D eigenvalue weighted by molar-refractivity contribution is 5.76. The van der Waals surface area contributed by atoms with E-state index in [-0.39, 0.29) is 19.0 Å². The zero-order valence-electron chi connectivity index (χ0n) is 11.5. The van der Waals surface area contributed by atoms with Gasteiger partial charge in [0.2, 0.25) is 0 Å². The standard InChI is InChI=1S/C14H22O4/c1-4-12(15)18-10-13(16)17-8-6-11-5-7-14(2,3)9-11/h5H,4,6-10H2,1-3H3. The van der Waals surface area contributed by atoms with E-state index in [4.69, 9.17) is 4.74 Å². The highest BCUT2D eigenvalue weighted by atomic mass is 16.6. The van der Waals surface area contributed by atoms with E-state index in [1.165, 1.54) is 5.57 Å². The summed E-state index contributed by atoms with van der Waals surface area (Å²) in [5.41, 5.74) is 1.69. The normalized spacial score (nSPS) is 17.2. The number of allylic oxidation sites excluding steroid dienone is 1. The van der Waals surface area contributed by atoms with Crippen molar-refractivity contribution >= 4 is 11.9 Å². The first-order chi connectivity index (χ1) is 8.43. The molecule has 4 nitrogen and oxygen atoms in total. The van der Waals surface area contributed by atoms with E-state index in [0.717, 1.165) is 19.3 Å². The van der Waals surface area contributed by atoms with Crippen LogP contribution in [0.4, 0.5) is 0 Å². The molecule has 0 radical (unpaired) electrons. The monoisotopic (exact) mass is 254 g/mol. The third kappa shape index (κ3) is 5.34. The molecule has 0 bridgehead atoms. The van der Waals surface area contributed by atoms with Crippen LogP contribution < -0.4 is 0 Å². The third-order valence-corrected chi connectivity index (χ3v) is 2.97. The molecule has 0 spiro atoms. The van der Waals surface area contributed by atoms with Crippen molar-refractivity contribution < 1.29 is 19.1 Å². The number of esters is 2. The fourth-order valence-corrected chi connectivity index (χ4v) is 1.95. The van der Waals surface area contributed by atoms with Gasteiger partial charge >= 0.3 is 11.9 Å². The SMILES string of the molecule is CCC(=O)OCC(=O)OCCC1=CCC(C)(C)C1. The number of rotatable bonds is 6. The van der Waals surface area contributed by atoms with Crippen LogP contribution in [-0.2, 0) is 19.1 Å². The first kappa shape index (κ1) is 14.7. The average molecular weight is 254 g/mol. The van der Waals surface area contributed by atoms with Crippen LogP contribution in [0.15, 0.2) is 11.6 Å². The van der Waals surface area contributed by atoms with Crippen molar-refractivity contribution in [3.8, 4) is 0 Å². The highest BCUT2D eigenvalue weighted by Gasteiger charge is 2.24. The minimum absolute atomic E-state index is 0.273. The Kier molecular flexibility index (Phi) is 5.38. The zero-order valence-corrected chi connectivity index (χ0v) is 11.5. The molecular weight excluding hydrogens is 232 g/mol. The molecule has 0 heterocycles. The maximum atomic E-state index is 11.2. The van der Waals surface area contributed by atoms with Gasteiger partial charge in [-0.3, -0.25) is 4.79 Å². The number of carbonyl (C=O) groups is 2. The van der Waals surface area contributed by atoms with Crippen LogP contribution in [0.2, 0.25) is 0 Å². The van der Waals surface area contributed by atoms with Crippen molar-refractivity contribution in [1.82, 2.24) is 0 Å². The van der Waals surface area contributed by atoms with E-state index in [0.29, 0.717) is 12.0 Å². The Bertz CT molecular complexity index is 342. The molecule has 0 atom stereocenters. The van der Waals surface area contributed by atoms with Gasteiger partial charge in [-0.15, -0.1) is 0 Å². The molecule has 18 heavy (non-hydrogen) atoms. The topological polar surface area (TPSA) is 52.6 Å². The Morgan fingerprint density at radius 3 is 2.56 bits per heavy atom. The fourth-order valence-electron chi connectivity index (χ4n) is 1.95. The molecule has 0 unspecified atom stereocenters. The Balaban J connectivity index is 2.11. The van der Waals surface area contributed by atoms with Crippen molar-refractivity contribution in [2.24, 2.45) is 5.41 Å². The minimum atomic E-state index is -0.477. The Morgan fingerprint density at radius 1 is 1.28 bits per heavy atom. The van der Waals surface area contributed by atoms with Crippen LogP contribution in [0.1, 0.15) is 46.5 Å². The summed E-state index contributed by atoms with van der Waals surface area (Å²) in [5, 5.41) is 0. The Morgan fingerprint density at radius 2 is 2.00 bits per heavy atom. The lowest BCUT2D eigenvalue weighted by molar-refractivity contribution is -0.158. The largest absolute Gasteiger partial charge is 0.463 e. The summed E-state index contributed by atoms with van der Waals surface area (Å²) in [6.07, 6.45) is 5.43. The maximum Gasteiger partial charge on any atom is 0.344 e. The molecule has 0 N–H and O–H groups in total. The summed E-state index contributed by atoms with van der Waals surface area (Å²) in [7, 11) is 0. The molecule has 0 fully saturated rings. The molecule has 102 valence electrons. The highest BCUT2D eigenvalue weighted by Crippen LogP contribution is 2.37. The molecule has 0 aromatic rings. The number of ether oxygens (including phenoxy) is 2. The second-order valence-corrected chi connectivity index (χ2v) is 5.39. The number of hydrogen-bond donors (Lipinski definition) is 0. The Hall–Kier alpha value is -1.32. The van der Waals surface area contributed by atoms with Gasteiger partial charge in [0.15, 0.2) is 6.61 Å². The van der Waals surface area contributed by atoms with Gasteiger partial charge in [0, 0.05) is 12.8 Å². The molecule has 0 saturated carbocycles. The Labute approximate surface area is 108 Å². The average Bonchev–Trinajstić information content (AvgIpc) is 2.66. The summed E-state index contributed by atoms with van der Waals surface area (Å²) >= 11 is 0. The lowest BCUT2D eigenvalue weighted by Gasteiger charge is -2.16. The number of hydrogen-bond acceptors (Lipinski definition) is 4. The molecule has 1 aliphatic carbocycles. The summed E-state index contributed by atoms with van der Waals surface area (Å²) in [4.78, 5) is 22.1. The van der Waals surface area contributed by atoms with Crippen LogP contribution in [0, 0.1) is 5.41 Å². The van der Waals surface area contributed by atoms with Crippen LogP contribution in [-0.4, -0.2) is 25.2 Å².